The van der Waals surface area contributed by atoms with Gasteiger partial charge >= 0.3 is 5.97 Å². The average molecular weight is 441 g/mol. The maximum atomic E-state index is 12.5. The molecule has 9 nitrogen and oxygen atoms in total. The highest BCUT2D eigenvalue weighted by Gasteiger charge is 2.17. The normalized spacial score (nSPS) is 10.5. The minimum absolute atomic E-state index is 0.154. The molecule has 0 saturated heterocycles. The Morgan fingerprint density at radius 2 is 1.97 bits per heavy atom. The van der Waals surface area contributed by atoms with Crippen LogP contribution in [0.15, 0.2) is 57.9 Å². The number of carbonyl (C=O) groups is 2. The van der Waals surface area contributed by atoms with Crippen LogP contribution in [0.4, 0.5) is 11.4 Å². The lowest BCUT2D eigenvalue weighted by Crippen LogP contribution is -2.21. The van der Waals surface area contributed by atoms with E-state index in [-0.39, 0.29) is 11.4 Å². The van der Waals surface area contributed by atoms with E-state index >= 15 is 0 Å². The number of aryl methyl sites for hydroxylation is 2. The van der Waals surface area contributed by atoms with Crippen molar-refractivity contribution < 1.29 is 23.8 Å². The quantitative estimate of drug-likeness (QED) is 0.238. The Kier molecular flexibility index (Phi) is 7.03. The molecule has 3 rings (SSSR count). The van der Waals surface area contributed by atoms with E-state index in [1.165, 1.54) is 36.0 Å². The van der Waals surface area contributed by atoms with Gasteiger partial charge in [0.25, 0.3) is 11.6 Å². The van der Waals surface area contributed by atoms with Crippen LogP contribution in [-0.4, -0.2) is 28.6 Å². The highest BCUT2D eigenvalue weighted by molar-refractivity contribution is 7.98. The van der Waals surface area contributed by atoms with Crippen LogP contribution in [0.1, 0.15) is 27.4 Å². The monoisotopic (exact) mass is 441 g/mol. The van der Waals surface area contributed by atoms with Gasteiger partial charge in [-0.3, -0.25) is 14.9 Å². The molecule has 1 N–H and O–H groups in total. The Hall–Kier alpha value is -3.66. The molecule has 0 saturated carbocycles. The number of anilines is 1. The summed E-state index contributed by atoms with van der Waals surface area (Å²) in [6.45, 7) is 3.16. The summed E-state index contributed by atoms with van der Waals surface area (Å²) in [5.41, 5.74) is 2.18. The predicted octanol–water partition coefficient (Wildman–Crippen LogP) is 4.29. The van der Waals surface area contributed by atoms with Crippen LogP contribution in [0, 0.1) is 24.0 Å². The number of esters is 1. The van der Waals surface area contributed by atoms with Crippen LogP contribution < -0.4 is 5.32 Å². The van der Waals surface area contributed by atoms with Gasteiger partial charge in [0, 0.05) is 34.0 Å². The second-order valence-electron chi connectivity index (χ2n) is 6.52. The van der Waals surface area contributed by atoms with Gasteiger partial charge in [0.2, 0.25) is 0 Å². The number of nitro groups is 1. The Morgan fingerprint density at radius 3 is 2.68 bits per heavy atom. The molecular formula is C21H19N3O6S. The molecule has 1 aromatic heterocycles. The molecule has 3 aromatic rings. The van der Waals surface area contributed by atoms with Gasteiger partial charge in [0.05, 0.1) is 16.2 Å². The lowest BCUT2D eigenvalue weighted by molar-refractivity contribution is -0.384. The third-order valence-electron chi connectivity index (χ3n) is 4.34. The highest BCUT2D eigenvalue weighted by atomic mass is 32.2. The summed E-state index contributed by atoms with van der Waals surface area (Å²) in [6, 6.07) is 12.4. The van der Waals surface area contributed by atoms with Gasteiger partial charge in [-0.2, -0.15) is 0 Å². The molecule has 0 fully saturated rings. The van der Waals surface area contributed by atoms with Crippen molar-refractivity contribution in [2.75, 3.05) is 11.9 Å². The van der Waals surface area contributed by atoms with Crippen molar-refractivity contribution in [3.05, 3.63) is 81.2 Å². The molecule has 31 heavy (non-hydrogen) atoms. The van der Waals surface area contributed by atoms with E-state index in [0.29, 0.717) is 16.2 Å². The minimum Gasteiger partial charge on any atom is -0.452 e. The number of benzene rings is 2. The molecule has 160 valence electrons. The van der Waals surface area contributed by atoms with E-state index in [1.807, 2.05) is 19.9 Å². The van der Waals surface area contributed by atoms with E-state index in [9.17, 15) is 19.7 Å². The highest BCUT2D eigenvalue weighted by Crippen LogP contribution is 2.29. The number of nitrogens with zero attached hydrogens (tertiary/aromatic N) is 2. The molecule has 0 spiro atoms. The van der Waals surface area contributed by atoms with Crippen LogP contribution in [0.5, 0.6) is 0 Å². The lowest BCUT2D eigenvalue weighted by Gasteiger charge is -2.10. The fraction of sp³-hybridized carbons (Fsp3) is 0.190. The van der Waals surface area contributed by atoms with Gasteiger partial charge in [-0.15, -0.1) is 11.8 Å². The van der Waals surface area contributed by atoms with Crippen molar-refractivity contribution in [3.63, 3.8) is 0 Å². The number of thioether (sulfide) groups is 1. The smallest absolute Gasteiger partial charge is 0.339 e. The van der Waals surface area contributed by atoms with Gasteiger partial charge in [0.1, 0.15) is 5.76 Å². The summed E-state index contributed by atoms with van der Waals surface area (Å²) < 4.78 is 10.3. The second-order valence-corrected chi connectivity index (χ2v) is 7.54. The number of rotatable bonds is 8. The number of ether oxygens (including phenoxy) is 1. The van der Waals surface area contributed by atoms with Crippen molar-refractivity contribution >= 4 is 35.0 Å². The van der Waals surface area contributed by atoms with Gasteiger partial charge in [0.15, 0.2) is 6.61 Å². The first-order valence-corrected chi connectivity index (χ1v) is 10.2. The minimum atomic E-state index is -0.643. The van der Waals surface area contributed by atoms with E-state index in [1.54, 1.807) is 18.2 Å². The molecule has 0 unspecified atom stereocenters. The van der Waals surface area contributed by atoms with Crippen LogP contribution in [0.3, 0.4) is 0 Å². The fourth-order valence-corrected chi connectivity index (χ4v) is 3.92. The number of non-ortho nitro benzene ring substituents is 1. The summed E-state index contributed by atoms with van der Waals surface area (Å²) in [7, 11) is 0. The number of hydrogen-bond donors (Lipinski definition) is 1. The number of nitro benzene ring substituents is 1. The molecule has 1 heterocycles. The Labute approximate surface area is 181 Å². The maximum absolute atomic E-state index is 12.5. The summed E-state index contributed by atoms with van der Waals surface area (Å²) >= 11 is 1.44. The number of aromatic nitrogens is 1. The summed E-state index contributed by atoms with van der Waals surface area (Å²) in [4.78, 5) is 35.6. The van der Waals surface area contributed by atoms with Crippen molar-refractivity contribution in [1.29, 1.82) is 0 Å². The fourth-order valence-electron chi connectivity index (χ4n) is 2.72. The first-order valence-electron chi connectivity index (χ1n) is 9.20. The van der Waals surface area contributed by atoms with Crippen LogP contribution in [0.2, 0.25) is 0 Å². The Morgan fingerprint density at radius 1 is 1.19 bits per heavy atom. The third kappa shape index (κ3) is 5.70. The molecule has 0 aliphatic heterocycles. The number of amides is 1. The first kappa shape index (κ1) is 22.0. The summed E-state index contributed by atoms with van der Waals surface area (Å²) in [6.07, 6.45) is 0. The van der Waals surface area contributed by atoms with Crippen molar-refractivity contribution in [2.45, 2.75) is 24.5 Å². The first-order chi connectivity index (χ1) is 14.8. The van der Waals surface area contributed by atoms with Crippen molar-refractivity contribution in [1.82, 2.24) is 5.16 Å². The zero-order chi connectivity index (χ0) is 22.4. The molecule has 0 radical (unpaired) electrons. The van der Waals surface area contributed by atoms with E-state index < -0.39 is 23.4 Å². The van der Waals surface area contributed by atoms with Crippen LogP contribution >= 0.6 is 11.8 Å². The molecule has 10 heteroatoms. The number of hydrogen-bond acceptors (Lipinski definition) is 8. The zero-order valence-corrected chi connectivity index (χ0v) is 17.6. The topological polar surface area (TPSA) is 125 Å². The van der Waals surface area contributed by atoms with E-state index in [0.717, 1.165) is 17.0 Å². The molecule has 0 bridgehead atoms. The third-order valence-corrected chi connectivity index (χ3v) is 5.44. The summed E-state index contributed by atoms with van der Waals surface area (Å²) in [5.74, 6) is 0.0484. The average Bonchev–Trinajstić information content (AvgIpc) is 3.08. The zero-order valence-electron chi connectivity index (χ0n) is 16.8. The van der Waals surface area contributed by atoms with Gasteiger partial charge in [-0.25, -0.2) is 4.79 Å². The molecule has 0 aliphatic carbocycles. The van der Waals surface area contributed by atoms with Crippen molar-refractivity contribution in [3.8, 4) is 0 Å². The largest absolute Gasteiger partial charge is 0.452 e. The molecule has 1 amide bonds. The van der Waals surface area contributed by atoms with Crippen LogP contribution in [0.25, 0.3) is 0 Å². The molecule has 2 aromatic carbocycles. The van der Waals surface area contributed by atoms with Crippen LogP contribution in [-0.2, 0) is 15.3 Å². The SMILES string of the molecule is Cc1noc(C)c1CSc1ccccc1C(=O)OCC(=O)Nc1cccc([N+](=O)[O-])c1. The summed E-state index contributed by atoms with van der Waals surface area (Å²) in [5, 5.41) is 17.2. The number of nitrogens with one attached hydrogen (secondary N) is 1. The molecule has 0 atom stereocenters. The Balaban J connectivity index is 1.60. The van der Waals surface area contributed by atoms with Gasteiger partial charge in [-0.05, 0) is 32.0 Å². The maximum Gasteiger partial charge on any atom is 0.339 e. The van der Waals surface area contributed by atoms with Gasteiger partial charge in [-0.1, -0.05) is 23.4 Å². The Bertz CT molecular complexity index is 1110. The molecule has 0 aliphatic rings. The van der Waals surface area contributed by atoms with Crippen molar-refractivity contribution in [2.24, 2.45) is 0 Å². The van der Waals surface area contributed by atoms with Gasteiger partial charge < -0.3 is 14.6 Å². The van der Waals surface area contributed by atoms with E-state index in [4.69, 9.17) is 9.26 Å². The lowest BCUT2D eigenvalue weighted by atomic mass is 10.2. The standard InChI is InChI=1S/C21H19N3O6S/c1-13-18(14(2)30-23-13)12-31-19-9-4-3-8-17(19)21(26)29-11-20(25)22-15-6-5-7-16(10-15)24(27)28/h3-10H,11-12H2,1-2H3,(H,22,25). The predicted molar refractivity (Wildman–Crippen MR) is 114 cm³/mol. The van der Waals surface area contributed by atoms with E-state index in [2.05, 4.69) is 10.5 Å². The molecular weight excluding hydrogens is 422 g/mol. The number of carbonyl (C=O) groups excluding carboxylic acids is 2. The second kappa shape index (κ2) is 9.90.